The van der Waals surface area contributed by atoms with Crippen LogP contribution >= 0.6 is 0 Å². The van der Waals surface area contributed by atoms with E-state index in [0.29, 0.717) is 0 Å². The molecule has 3 heteroatoms. The number of nitrogens with zero attached hydrogens (tertiary/aromatic N) is 1. The molecule has 0 aromatic rings. The van der Waals surface area contributed by atoms with E-state index in [1.165, 1.54) is 12.8 Å². The highest BCUT2D eigenvalue weighted by Gasteiger charge is 2.31. The number of rotatable bonds is 5. The fourth-order valence-corrected chi connectivity index (χ4v) is 1.50. The summed E-state index contributed by atoms with van der Waals surface area (Å²) in [6, 6.07) is 2.28. The van der Waals surface area contributed by atoms with E-state index in [9.17, 15) is 4.79 Å². The summed E-state index contributed by atoms with van der Waals surface area (Å²) in [5, 5.41) is 11.8. The van der Waals surface area contributed by atoms with Gasteiger partial charge in [-0.05, 0) is 32.6 Å². The van der Waals surface area contributed by atoms with E-state index >= 15 is 0 Å². The molecule has 0 aliphatic heterocycles. The molecule has 1 aliphatic carbocycles. The zero-order valence-corrected chi connectivity index (χ0v) is 9.84. The molecule has 1 N–H and O–H groups in total. The van der Waals surface area contributed by atoms with Gasteiger partial charge in [0.25, 0.3) is 0 Å². The standard InChI is InChI=1S/C12H20N2O/c1-4-10(7-9-5-6-9)14-11(15)12(2,3)8-13/h9-10H,4-7H2,1-3H3,(H,14,15). The molecule has 0 spiro atoms. The van der Waals surface area contributed by atoms with Crippen LogP contribution in [0.25, 0.3) is 0 Å². The molecule has 1 aliphatic rings. The van der Waals surface area contributed by atoms with Crippen molar-refractivity contribution < 1.29 is 4.79 Å². The van der Waals surface area contributed by atoms with Crippen LogP contribution in [0.3, 0.4) is 0 Å². The Morgan fingerprint density at radius 1 is 1.60 bits per heavy atom. The quantitative estimate of drug-likeness (QED) is 0.753. The Kier molecular flexibility index (Phi) is 3.73. The second-order valence-electron chi connectivity index (χ2n) is 4.99. The van der Waals surface area contributed by atoms with Crippen molar-refractivity contribution in [3.63, 3.8) is 0 Å². The number of amides is 1. The first-order chi connectivity index (χ1) is 6.99. The summed E-state index contributed by atoms with van der Waals surface area (Å²) < 4.78 is 0. The van der Waals surface area contributed by atoms with Gasteiger partial charge in [-0.2, -0.15) is 5.26 Å². The maximum absolute atomic E-state index is 11.7. The fraction of sp³-hybridized carbons (Fsp3) is 0.833. The van der Waals surface area contributed by atoms with Crippen molar-refractivity contribution in [1.29, 1.82) is 5.26 Å². The molecule has 0 heterocycles. The van der Waals surface area contributed by atoms with Crippen molar-refractivity contribution in [1.82, 2.24) is 5.32 Å². The zero-order valence-electron chi connectivity index (χ0n) is 9.84. The normalized spacial score (nSPS) is 18.0. The van der Waals surface area contributed by atoms with Crippen LogP contribution in [-0.4, -0.2) is 11.9 Å². The molecule has 0 bridgehead atoms. The lowest BCUT2D eigenvalue weighted by Gasteiger charge is -2.21. The first kappa shape index (κ1) is 12.0. The number of carbonyl (C=O) groups is 1. The zero-order chi connectivity index (χ0) is 11.5. The molecule has 0 saturated heterocycles. The molecule has 1 saturated carbocycles. The van der Waals surface area contributed by atoms with Gasteiger partial charge in [-0.25, -0.2) is 0 Å². The molecular weight excluding hydrogens is 188 g/mol. The van der Waals surface area contributed by atoms with E-state index in [1.807, 2.05) is 6.07 Å². The van der Waals surface area contributed by atoms with Crippen molar-refractivity contribution in [2.75, 3.05) is 0 Å². The second-order valence-corrected chi connectivity index (χ2v) is 4.99. The molecule has 1 atom stereocenters. The highest BCUT2D eigenvalue weighted by Crippen LogP contribution is 2.34. The summed E-state index contributed by atoms with van der Waals surface area (Å²) in [5.74, 6) is 0.665. The number of nitriles is 1. The van der Waals surface area contributed by atoms with Crippen LogP contribution in [-0.2, 0) is 4.79 Å². The van der Waals surface area contributed by atoms with Crippen LogP contribution in [0.4, 0.5) is 0 Å². The maximum Gasteiger partial charge on any atom is 0.240 e. The van der Waals surface area contributed by atoms with Crippen molar-refractivity contribution in [2.24, 2.45) is 11.3 Å². The average Bonchev–Trinajstić information content (AvgIpc) is 3.00. The van der Waals surface area contributed by atoms with Gasteiger partial charge in [-0.1, -0.05) is 19.8 Å². The first-order valence-electron chi connectivity index (χ1n) is 5.71. The summed E-state index contributed by atoms with van der Waals surface area (Å²) >= 11 is 0. The molecule has 0 radical (unpaired) electrons. The Hall–Kier alpha value is -1.04. The minimum atomic E-state index is -0.906. The third kappa shape index (κ3) is 3.54. The van der Waals surface area contributed by atoms with Crippen LogP contribution < -0.4 is 5.32 Å². The third-order valence-corrected chi connectivity index (χ3v) is 2.99. The van der Waals surface area contributed by atoms with Crippen molar-refractivity contribution >= 4 is 5.91 Å². The highest BCUT2D eigenvalue weighted by atomic mass is 16.2. The van der Waals surface area contributed by atoms with E-state index in [0.717, 1.165) is 18.8 Å². The fourth-order valence-electron chi connectivity index (χ4n) is 1.50. The molecule has 0 aromatic carbocycles. The molecule has 1 rings (SSSR count). The number of nitrogens with one attached hydrogen (secondary N) is 1. The van der Waals surface area contributed by atoms with Gasteiger partial charge in [-0.15, -0.1) is 0 Å². The summed E-state index contributed by atoms with van der Waals surface area (Å²) in [6.45, 7) is 5.39. The summed E-state index contributed by atoms with van der Waals surface area (Å²) in [7, 11) is 0. The van der Waals surface area contributed by atoms with Crippen molar-refractivity contribution in [3.05, 3.63) is 0 Å². The second kappa shape index (κ2) is 4.65. The minimum Gasteiger partial charge on any atom is -0.352 e. The molecular formula is C12H20N2O. The third-order valence-electron chi connectivity index (χ3n) is 2.99. The predicted octanol–water partition coefficient (Wildman–Crippen LogP) is 2.23. The summed E-state index contributed by atoms with van der Waals surface area (Å²) in [5.41, 5.74) is -0.906. The van der Waals surface area contributed by atoms with Gasteiger partial charge < -0.3 is 5.32 Å². The maximum atomic E-state index is 11.7. The lowest BCUT2D eigenvalue weighted by Crippen LogP contribution is -2.42. The average molecular weight is 208 g/mol. The largest absolute Gasteiger partial charge is 0.352 e. The van der Waals surface area contributed by atoms with Gasteiger partial charge in [0.15, 0.2) is 0 Å². The lowest BCUT2D eigenvalue weighted by atomic mass is 9.93. The molecule has 15 heavy (non-hydrogen) atoms. The van der Waals surface area contributed by atoms with Crippen molar-refractivity contribution in [3.8, 4) is 6.07 Å². The van der Waals surface area contributed by atoms with Crippen LogP contribution in [0.2, 0.25) is 0 Å². The monoisotopic (exact) mass is 208 g/mol. The minimum absolute atomic E-state index is 0.141. The molecule has 0 aromatic heterocycles. The lowest BCUT2D eigenvalue weighted by molar-refractivity contribution is -0.127. The molecule has 1 amide bonds. The number of hydrogen-bond acceptors (Lipinski definition) is 2. The van der Waals surface area contributed by atoms with Gasteiger partial charge in [0, 0.05) is 6.04 Å². The highest BCUT2D eigenvalue weighted by molar-refractivity contribution is 5.84. The van der Waals surface area contributed by atoms with E-state index < -0.39 is 5.41 Å². The topological polar surface area (TPSA) is 52.9 Å². The Morgan fingerprint density at radius 2 is 2.20 bits per heavy atom. The Bertz CT molecular complexity index is 274. The van der Waals surface area contributed by atoms with E-state index in [-0.39, 0.29) is 11.9 Å². The SMILES string of the molecule is CCC(CC1CC1)NC(=O)C(C)(C)C#N. The van der Waals surface area contributed by atoms with Crippen LogP contribution in [0.15, 0.2) is 0 Å². The Labute approximate surface area is 91.9 Å². The van der Waals surface area contributed by atoms with Gasteiger partial charge in [0.1, 0.15) is 5.41 Å². The molecule has 1 fully saturated rings. The molecule has 3 nitrogen and oxygen atoms in total. The molecule has 1 unspecified atom stereocenters. The first-order valence-corrected chi connectivity index (χ1v) is 5.71. The van der Waals surface area contributed by atoms with Gasteiger partial charge in [0.05, 0.1) is 6.07 Å². The van der Waals surface area contributed by atoms with E-state index in [2.05, 4.69) is 12.2 Å². The van der Waals surface area contributed by atoms with Crippen LogP contribution in [0.5, 0.6) is 0 Å². The van der Waals surface area contributed by atoms with Gasteiger partial charge >= 0.3 is 0 Å². The van der Waals surface area contributed by atoms with E-state index in [4.69, 9.17) is 5.26 Å². The smallest absolute Gasteiger partial charge is 0.240 e. The number of hydrogen-bond donors (Lipinski definition) is 1. The van der Waals surface area contributed by atoms with Crippen molar-refractivity contribution in [2.45, 2.75) is 52.5 Å². The van der Waals surface area contributed by atoms with Gasteiger partial charge in [-0.3, -0.25) is 4.79 Å². The van der Waals surface area contributed by atoms with E-state index in [1.54, 1.807) is 13.8 Å². The summed E-state index contributed by atoms with van der Waals surface area (Å²) in [4.78, 5) is 11.7. The Balaban J connectivity index is 2.43. The predicted molar refractivity (Wildman–Crippen MR) is 59.0 cm³/mol. The Morgan fingerprint density at radius 3 is 2.60 bits per heavy atom. The van der Waals surface area contributed by atoms with Crippen LogP contribution in [0.1, 0.15) is 46.5 Å². The molecule has 84 valence electrons. The van der Waals surface area contributed by atoms with Gasteiger partial charge in [0.2, 0.25) is 5.91 Å². The summed E-state index contributed by atoms with van der Waals surface area (Å²) in [6.07, 6.45) is 4.62. The van der Waals surface area contributed by atoms with Crippen LogP contribution in [0, 0.1) is 22.7 Å². The number of carbonyl (C=O) groups excluding carboxylic acids is 1.